The normalized spacial score (nSPS) is 15.1. The van der Waals surface area contributed by atoms with Crippen LogP contribution >= 0.6 is 0 Å². The van der Waals surface area contributed by atoms with E-state index in [1.165, 1.54) is 6.07 Å². The van der Waals surface area contributed by atoms with E-state index in [1.807, 2.05) is 13.8 Å². The zero-order chi connectivity index (χ0) is 14.2. The van der Waals surface area contributed by atoms with Gasteiger partial charge in [0.05, 0.1) is 4.92 Å². The van der Waals surface area contributed by atoms with Gasteiger partial charge in [-0.15, -0.1) is 0 Å². The van der Waals surface area contributed by atoms with E-state index in [2.05, 4.69) is 10.3 Å². The zero-order valence-corrected chi connectivity index (χ0v) is 10.7. The summed E-state index contributed by atoms with van der Waals surface area (Å²) in [6.45, 7) is 3.87. The number of rotatable bonds is 5. The van der Waals surface area contributed by atoms with Gasteiger partial charge in [0.2, 0.25) is 5.82 Å². The molecule has 0 spiro atoms. The lowest BCUT2D eigenvalue weighted by atomic mass is 9.99. The van der Waals surface area contributed by atoms with Crippen LogP contribution in [-0.4, -0.2) is 26.5 Å². The second kappa shape index (κ2) is 4.49. The number of aromatic nitrogens is 1. The molecule has 0 unspecified atom stereocenters. The third-order valence-electron chi connectivity index (χ3n) is 3.33. The second-order valence-electron chi connectivity index (χ2n) is 5.25. The van der Waals surface area contributed by atoms with Gasteiger partial charge in [-0.05, 0) is 38.7 Å². The van der Waals surface area contributed by atoms with Crippen LogP contribution < -0.4 is 5.32 Å². The largest absolute Gasteiger partial charge is 0.477 e. The average molecular weight is 265 g/mol. The lowest BCUT2D eigenvalue weighted by Gasteiger charge is -2.26. The summed E-state index contributed by atoms with van der Waals surface area (Å²) in [5.41, 5.74) is -0.757. The number of hydrogen-bond acceptors (Lipinski definition) is 5. The number of anilines is 1. The number of carbonyl (C=O) groups is 1. The van der Waals surface area contributed by atoms with Crippen LogP contribution in [0.15, 0.2) is 12.1 Å². The van der Waals surface area contributed by atoms with E-state index in [1.54, 1.807) is 0 Å². The van der Waals surface area contributed by atoms with Crippen LogP contribution in [0.4, 0.5) is 11.5 Å². The van der Waals surface area contributed by atoms with Crippen molar-refractivity contribution in [3.05, 3.63) is 27.9 Å². The molecule has 0 atom stereocenters. The third-order valence-corrected chi connectivity index (χ3v) is 3.33. The first kappa shape index (κ1) is 13.3. The van der Waals surface area contributed by atoms with E-state index in [4.69, 9.17) is 5.11 Å². The fourth-order valence-electron chi connectivity index (χ4n) is 2.02. The Hall–Kier alpha value is -2.18. The molecule has 0 amide bonds. The van der Waals surface area contributed by atoms with Gasteiger partial charge in [-0.2, -0.15) is 0 Å². The molecule has 1 aliphatic rings. The monoisotopic (exact) mass is 265 g/mol. The van der Waals surface area contributed by atoms with E-state index >= 15 is 0 Å². The maximum atomic E-state index is 11.0. The minimum Gasteiger partial charge on any atom is -0.477 e. The molecule has 19 heavy (non-hydrogen) atoms. The summed E-state index contributed by atoms with van der Waals surface area (Å²) in [5, 5.41) is 22.9. The molecule has 0 aromatic carbocycles. The Morgan fingerprint density at radius 2 is 2.16 bits per heavy atom. The quantitative estimate of drug-likeness (QED) is 0.625. The molecule has 1 aromatic heterocycles. The van der Waals surface area contributed by atoms with Gasteiger partial charge in [0, 0.05) is 11.6 Å². The number of nitrogens with zero attached hydrogens (tertiary/aromatic N) is 2. The minimum absolute atomic E-state index is 0.0156. The van der Waals surface area contributed by atoms with E-state index < -0.39 is 10.9 Å². The first-order chi connectivity index (χ1) is 8.81. The number of pyridine rings is 1. The maximum absolute atomic E-state index is 11.0. The van der Waals surface area contributed by atoms with Gasteiger partial charge in [-0.1, -0.05) is 0 Å². The summed E-state index contributed by atoms with van der Waals surface area (Å²) in [7, 11) is 0. The van der Waals surface area contributed by atoms with E-state index in [-0.39, 0.29) is 22.7 Å². The fraction of sp³-hybridized carbons (Fsp3) is 0.500. The standard InChI is InChI=1S/C12H15N3O4/c1-12(2,7-3-4-7)14-10-9(15(18)19)6-5-8(13-10)11(16)17/h5-7H,3-4H2,1-2H3,(H,13,14)(H,16,17). The van der Waals surface area contributed by atoms with Gasteiger partial charge < -0.3 is 10.4 Å². The molecule has 102 valence electrons. The van der Waals surface area contributed by atoms with Crippen LogP contribution in [0, 0.1) is 16.0 Å². The molecule has 0 radical (unpaired) electrons. The topological polar surface area (TPSA) is 105 Å². The summed E-state index contributed by atoms with van der Waals surface area (Å²) in [4.78, 5) is 25.1. The van der Waals surface area contributed by atoms with Crippen LogP contribution in [0.3, 0.4) is 0 Å². The van der Waals surface area contributed by atoms with Crippen molar-refractivity contribution in [3.8, 4) is 0 Å². The summed E-state index contributed by atoms with van der Waals surface area (Å²) in [6.07, 6.45) is 2.12. The SMILES string of the molecule is CC(C)(Nc1nc(C(=O)O)ccc1[N+](=O)[O-])C1CC1. The van der Waals surface area contributed by atoms with Gasteiger partial charge in [-0.25, -0.2) is 9.78 Å². The van der Waals surface area contributed by atoms with Gasteiger partial charge in [-0.3, -0.25) is 10.1 Å². The number of nitro groups is 1. The Kier molecular flexibility index (Phi) is 3.13. The first-order valence-electron chi connectivity index (χ1n) is 5.98. The molecule has 1 saturated carbocycles. The lowest BCUT2D eigenvalue weighted by Crippen LogP contribution is -2.34. The maximum Gasteiger partial charge on any atom is 0.354 e. The second-order valence-corrected chi connectivity index (χ2v) is 5.25. The van der Waals surface area contributed by atoms with Crippen molar-refractivity contribution in [2.24, 2.45) is 5.92 Å². The van der Waals surface area contributed by atoms with Crippen LogP contribution in [0.1, 0.15) is 37.2 Å². The van der Waals surface area contributed by atoms with Crippen molar-refractivity contribution in [1.29, 1.82) is 0 Å². The molecule has 2 N–H and O–H groups in total. The predicted molar refractivity (Wildman–Crippen MR) is 68.3 cm³/mol. The first-order valence-corrected chi connectivity index (χ1v) is 5.98. The molecule has 1 aliphatic carbocycles. The number of nitrogens with one attached hydrogen (secondary N) is 1. The molecule has 7 heteroatoms. The van der Waals surface area contributed by atoms with Crippen molar-refractivity contribution in [2.45, 2.75) is 32.2 Å². The third kappa shape index (κ3) is 2.81. The Morgan fingerprint density at radius 3 is 2.63 bits per heavy atom. The molecular weight excluding hydrogens is 250 g/mol. The van der Waals surface area contributed by atoms with Crippen LogP contribution in [0.25, 0.3) is 0 Å². The Morgan fingerprint density at radius 1 is 1.53 bits per heavy atom. The van der Waals surface area contributed by atoms with Crippen LogP contribution in [-0.2, 0) is 0 Å². The number of carboxylic acids is 1. The highest BCUT2D eigenvalue weighted by atomic mass is 16.6. The Balaban J connectivity index is 2.37. The smallest absolute Gasteiger partial charge is 0.354 e. The predicted octanol–water partition coefficient (Wildman–Crippen LogP) is 2.29. The molecule has 2 rings (SSSR count). The molecule has 7 nitrogen and oxygen atoms in total. The molecule has 0 bridgehead atoms. The Bertz CT molecular complexity index is 538. The van der Waals surface area contributed by atoms with Crippen LogP contribution in [0.5, 0.6) is 0 Å². The highest BCUT2D eigenvalue weighted by Crippen LogP contribution is 2.41. The highest BCUT2D eigenvalue weighted by Gasteiger charge is 2.39. The van der Waals surface area contributed by atoms with E-state index in [9.17, 15) is 14.9 Å². The summed E-state index contributed by atoms with van der Waals surface area (Å²) < 4.78 is 0. The summed E-state index contributed by atoms with van der Waals surface area (Å²) in [5.74, 6) is -0.758. The molecular formula is C12H15N3O4. The number of hydrogen-bond donors (Lipinski definition) is 2. The zero-order valence-electron chi connectivity index (χ0n) is 10.7. The average Bonchev–Trinajstić information content (AvgIpc) is 3.11. The number of carboxylic acid groups (broad SMARTS) is 1. The molecule has 1 fully saturated rings. The van der Waals surface area contributed by atoms with Gasteiger partial charge in [0.1, 0.15) is 0 Å². The van der Waals surface area contributed by atoms with E-state index in [0.717, 1.165) is 18.9 Å². The van der Waals surface area contributed by atoms with Crippen molar-refractivity contribution < 1.29 is 14.8 Å². The lowest BCUT2D eigenvalue weighted by molar-refractivity contribution is -0.384. The van der Waals surface area contributed by atoms with Crippen LogP contribution in [0.2, 0.25) is 0 Å². The molecule has 0 saturated heterocycles. The van der Waals surface area contributed by atoms with Gasteiger partial charge in [0.25, 0.3) is 0 Å². The highest BCUT2D eigenvalue weighted by molar-refractivity contribution is 5.86. The van der Waals surface area contributed by atoms with Crippen molar-refractivity contribution in [2.75, 3.05) is 5.32 Å². The summed E-state index contributed by atoms with van der Waals surface area (Å²) >= 11 is 0. The van der Waals surface area contributed by atoms with Crippen molar-refractivity contribution in [1.82, 2.24) is 4.98 Å². The fourth-order valence-corrected chi connectivity index (χ4v) is 2.02. The van der Waals surface area contributed by atoms with Crippen molar-refractivity contribution >= 4 is 17.5 Å². The van der Waals surface area contributed by atoms with Gasteiger partial charge >= 0.3 is 11.7 Å². The van der Waals surface area contributed by atoms with Gasteiger partial charge in [0.15, 0.2) is 5.69 Å². The minimum atomic E-state index is -1.21. The molecule has 1 aromatic rings. The summed E-state index contributed by atoms with van der Waals surface area (Å²) in [6, 6.07) is 2.30. The molecule has 0 aliphatic heterocycles. The molecule has 1 heterocycles. The number of aromatic carboxylic acids is 1. The Labute approximate surface area is 109 Å². The van der Waals surface area contributed by atoms with Crippen molar-refractivity contribution in [3.63, 3.8) is 0 Å². The van der Waals surface area contributed by atoms with E-state index in [0.29, 0.717) is 5.92 Å².